The van der Waals surface area contributed by atoms with E-state index in [0.717, 1.165) is 24.2 Å². The fourth-order valence-corrected chi connectivity index (χ4v) is 1.31. The number of hydrogen-bond acceptors (Lipinski definition) is 3. The smallest absolute Gasteiger partial charge is 0.144 e. The van der Waals surface area contributed by atoms with E-state index < -0.39 is 0 Å². The molecule has 0 saturated heterocycles. The molecule has 2 rings (SSSR count). The number of nitrogens with one attached hydrogen (secondary N) is 1. The van der Waals surface area contributed by atoms with Crippen LogP contribution < -0.4 is 5.32 Å². The van der Waals surface area contributed by atoms with Crippen LogP contribution in [0.2, 0.25) is 0 Å². The zero-order valence-electron chi connectivity index (χ0n) is 7.20. The first kappa shape index (κ1) is 7.53. The van der Waals surface area contributed by atoms with Gasteiger partial charge in [0.25, 0.3) is 0 Å². The summed E-state index contributed by atoms with van der Waals surface area (Å²) in [5, 5.41) is 3.26. The Labute approximate surface area is 72.2 Å². The van der Waals surface area contributed by atoms with Crippen molar-refractivity contribution in [3.63, 3.8) is 0 Å². The molecule has 1 aliphatic rings. The molecule has 1 fully saturated rings. The Morgan fingerprint density at radius 3 is 3.00 bits per heavy atom. The fourth-order valence-electron chi connectivity index (χ4n) is 1.31. The first-order chi connectivity index (χ1) is 5.86. The van der Waals surface area contributed by atoms with Crippen molar-refractivity contribution in [2.24, 2.45) is 11.8 Å². The van der Waals surface area contributed by atoms with Gasteiger partial charge in [0.1, 0.15) is 5.82 Å². The lowest BCUT2D eigenvalue weighted by molar-refractivity contribution is 0.784. The maximum atomic E-state index is 4.13. The molecule has 1 aromatic heterocycles. The predicted octanol–water partition coefficient (Wildman–Crippen LogP) is 1.54. The lowest BCUT2D eigenvalue weighted by Gasteiger charge is -2.02. The molecule has 0 amide bonds. The predicted molar refractivity (Wildman–Crippen MR) is 47.8 cm³/mol. The van der Waals surface area contributed by atoms with Gasteiger partial charge in [-0.3, -0.25) is 4.98 Å². The zero-order valence-corrected chi connectivity index (χ0v) is 7.20. The Balaban J connectivity index is 1.80. The van der Waals surface area contributed by atoms with Gasteiger partial charge in [0.2, 0.25) is 0 Å². The molecule has 1 N–H and O–H groups in total. The maximum absolute atomic E-state index is 4.13. The van der Waals surface area contributed by atoms with Crippen LogP contribution in [0.4, 0.5) is 5.82 Å². The van der Waals surface area contributed by atoms with Gasteiger partial charge in [-0.15, -0.1) is 0 Å². The monoisotopic (exact) mass is 163 g/mol. The second-order valence-corrected chi connectivity index (χ2v) is 3.44. The van der Waals surface area contributed by atoms with Crippen LogP contribution >= 0.6 is 0 Å². The van der Waals surface area contributed by atoms with Crippen molar-refractivity contribution in [1.29, 1.82) is 0 Å². The van der Waals surface area contributed by atoms with Gasteiger partial charge in [-0.05, 0) is 18.3 Å². The van der Waals surface area contributed by atoms with Crippen LogP contribution in [0, 0.1) is 11.8 Å². The molecule has 0 spiro atoms. The lowest BCUT2D eigenvalue weighted by Crippen LogP contribution is -2.05. The highest BCUT2D eigenvalue weighted by Gasteiger charge is 2.31. The number of anilines is 1. The van der Waals surface area contributed by atoms with Crippen molar-refractivity contribution in [3.8, 4) is 0 Å². The Morgan fingerprint density at radius 1 is 1.58 bits per heavy atom. The average Bonchev–Trinajstić information content (AvgIpc) is 2.81. The summed E-state index contributed by atoms with van der Waals surface area (Å²) >= 11 is 0. The first-order valence-electron chi connectivity index (χ1n) is 4.36. The number of nitrogens with zero attached hydrogens (tertiary/aromatic N) is 2. The molecule has 0 radical (unpaired) electrons. The van der Waals surface area contributed by atoms with E-state index in [1.807, 2.05) is 0 Å². The molecule has 1 aliphatic carbocycles. The van der Waals surface area contributed by atoms with Crippen molar-refractivity contribution < 1.29 is 0 Å². The topological polar surface area (TPSA) is 37.8 Å². The zero-order chi connectivity index (χ0) is 8.39. The van der Waals surface area contributed by atoms with E-state index in [0.29, 0.717) is 0 Å². The summed E-state index contributed by atoms with van der Waals surface area (Å²) in [6.07, 6.45) is 6.50. The number of aromatic nitrogens is 2. The van der Waals surface area contributed by atoms with Crippen molar-refractivity contribution >= 4 is 5.82 Å². The van der Waals surface area contributed by atoms with Gasteiger partial charge < -0.3 is 5.32 Å². The Kier molecular flexibility index (Phi) is 1.94. The molecule has 12 heavy (non-hydrogen) atoms. The molecule has 1 heterocycles. The summed E-state index contributed by atoms with van der Waals surface area (Å²) < 4.78 is 0. The summed E-state index contributed by atoms with van der Waals surface area (Å²) in [4.78, 5) is 8.11. The van der Waals surface area contributed by atoms with Gasteiger partial charge in [-0.2, -0.15) is 0 Å². The number of hydrogen-bond donors (Lipinski definition) is 1. The standard InChI is InChI=1S/C9H13N3/c1-7-4-8(7)5-12-9-6-10-2-3-11-9/h2-3,6-8H,4-5H2,1H3,(H,11,12). The van der Waals surface area contributed by atoms with E-state index >= 15 is 0 Å². The molecule has 2 unspecified atom stereocenters. The van der Waals surface area contributed by atoms with Gasteiger partial charge in [-0.25, -0.2) is 4.98 Å². The highest BCUT2D eigenvalue weighted by molar-refractivity contribution is 5.30. The van der Waals surface area contributed by atoms with Crippen LogP contribution in [-0.2, 0) is 0 Å². The second-order valence-electron chi connectivity index (χ2n) is 3.44. The van der Waals surface area contributed by atoms with Crippen LogP contribution in [0.5, 0.6) is 0 Å². The van der Waals surface area contributed by atoms with Crippen LogP contribution in [0.3, 0.4) is 0 Å². The quantitative estimate of drug-likeness (QED) is 0.734. The van der Waals surface area contributed by atoms with E-state index in [-0.39, 0.29) is 0 Å². The third-order valence-corrected chi connectivity index (χ3v) is 2.38. The Morgan fingerprint density at radius 2 is 2.42 bits per heavy atom. The van der Waals surface area contributed by atoms with Gasteiger partial charge in [0.05, 0.1) is 6.20 Å². The van der Waals surface area contributed by atoms with Crippen LogP contribution in [-0.4, -0.2) is 16.5 Å². The van der Waals surface area contributed by atoms with Gasteiger partial charge in [0, 0.05) is 18.9 Å². The molecule has 3 heteroatoms. The van der Waals surface area contributed by atoms with Crippen LogP contribution in [0.25, 0.3) is 0 Å². The molecule has 1 saturated carbocycles. The fraction of sp³-hybridized carbons (Fsp3) is 0.556. The minimum Gasteiger partial charge on any atom is -0.369 e. The summed E-state index contributed by atoms with van der Waals surface area (Å²) in [7, 11) is 0. The Bertz CT molecular complexity index is 247. The van der Waals surface area contributed by atoms with Crippen molar-refractivity contribution in [2.75, 3.05) is 11.9 Å². The van der Waals surface area contributed by atoms with Crippen molar-refractivity contribution in [3.05, 3.63) is 18.6 Å². The SMILES string of the molecule is CC1CC1CNc1cnccn1. The number of rotatable bonds is 3. The molecule has 0 bridgehead atoms. The largest absolute Gasteiger partial charge is 0.369 e. The molecule has 64 valence electrons. The van der Waals surface area contributed by atoms with Crippen LogP contribution in [0.15, 0.2) is 18.6 Å². The first-order valence-corrected chi connectivity index (χ1v) is 4.36. The highest BCUT2D eigenvalue weighted by atomic mass is 15.0. The van der Waals surface area contributed by atoms with E-state index in [9.17, 15) is 0 Å². The van der Waals surface area contributed by atoms with Crippen LogP contribution in [0.1, 0.15) is 13.3 Å². The third kappa shape index (κ3) is 1.72. The van der Waals surface area contributed by atoms with E-state index in [4.69, 9.17) is 0 Å². The lowest BCUT2D eigenvalue weighted by atomic mass is 10.3. The van der Waals surface area contributed by atoms with E-state index in [1.165, 1.54) is 6.42 Å². The third-order valence-electron chi connectivity index (χ3n) is 2.38. The minimum absolute atomic E-state index is 0.854. The summed E-state index contributed by atoms with van der Waals surface area (Å²) in [6, 6.07) is 0. The highest BCUT2D eigenvalue weighted by Crippen LogP contribution is 2.37. The Hall–Kier alpha value is -1.12. The molecular formula is C9H13N3. The molecule has 1 aromatic rings. The van der Waals surface area contributed by atoms with Gasteiger partial charge in [-0.1, -0.05) is 6.92 Å². The van der Waals surface area contributed by atoms with Crippen molar-refractivity contribution in [2.45, 2.75) is 13.3 Å². The molecular weight excluding hydrogens is 150 g/mol. The summed E-state index contributed by atoms with van der Waals surface area (Å²) in [5.74, 6) is 2.64. The van der Waals surface area contributed by atoms with E-state index in [2.05, 4.69) is 22.2 Å². The summed E-state index contributed by atoms with van der Waals surface area (Å²) in [5.41, 5.74) is 0. The average molecular weight is 163 g/mol. The normalized spacial score (nSPS) is 26.8. The molecule has 0 aromatic carbocycles. The molecule has 2 atom stereocenters. The molecule has 3 nitrogen and oxygen atoms in total. The molecule has 0 aliphatic heterocycles. The van der Waals surface area contributed by atoms with E-state index in [1.54, 1.807) is 18.6 Å². The van der Waals surface area contributed by atoms with Crippen molar-refractivity contribution in [1.82, 2.24) is 9.97 Å². The minimum atomic E-state index is 0.854. The van der Waals surface area contributed by atoms with Gasteiger partial charge >= 0.3 is 0 Å². The second kappa shape index (κ2) is 3.09. The summed E-state index contributed by atoms with van der Waals surface area (Å²) in [6.45, 7) is 3.32. The van der Waals surface area contributed by atoms with Gasteiger partial charge in [0.15, 0.2) is 0 Å². The maximum Gasteiger partial charge on any atom is 0.144 e.